The Morgan fingerprint density at radius 3 is 2.50 bits per heavy atom. The molecule has 3 atom stereocenters. The van der Waals surface area contributed by atoms with Crippen molar-refractivity contribution in [2.24, 2.45) is 0 Å². The number of halogens is 2. The standard InChI is InChI=1S/C28H34ClFN4O6/c1-15-11-33(12-16(2)39-15)25-21-24(22(29)23(31-25)20-18(30)7-6-8-19(20)35)38-14-17-13-32(9-10-34(17)26(21)36)27(37)40-28(3,4)5/h6-8,15-17,35H,9-14H2,1-5H3/t15-,16-,17?/m1/s1. The molecule has 5 rings (SSSR count). The summed E-state index contributed by atoms with van der Waals surface area (Å²) >= 11 is 6.80. The third-order valence-electron chi connectivity index (χ3n) is 7.05. The number of carbonyl (C=O) groups excluding carboxylic acids is 2. The van der Waals surface area contributed by atoms with Gasteiger partial charge in [-0.1, -0.05) is 17.7 Å². The maximum atomic E-state index is 15.0. The van der Waals surface area contributed by atoms with Crippen LogP contribution >= 0.6 is 11.6 Å². The van der Waals surface area contributed by atoms with Crippen LogP contribution in [0.4, 0.5) is 15.0 Å². The largest absolute Gasteiger partial charge is 0.507 e. The Morgan fingerprint density at radius 2 is 1.85 bits per heavy atom. The molecule has 0 spiro atoms. The molecule has 10 nitrogen and oxygen atoms in total. The van der Waals surface area contributed by atoms with Crippen LogP contribution in [0.2, 0.25) is 5.02 Å². The lowest BCUT2D eigenvalue weighted by atomic mass is 10.0. The number of morpholine rings is 1. The average Bonchev–Trinajstić information content (AvgIpc) is 3.00. The summed E-state index contributed by atoms with van der Waals surface area (Å²) in [6.07, 6.45) is -0.779. The van der Waals surface area contributed by atoms with Crippen LogP contribution in [0.15, 0.2) is 18.2 Å². The molecule has 0 bridgehead atoms. The highest BCUT2D eigenvalue weighted by atomic mass is 35.5. The first-order valence-electron chi connectivity index (χ1n) is 13.4. The SMILES string of the molecule is C[C@@H]1CN(c2nc(-c3c(O)cccc3F)c(Cl)c3c2C(=O)N2CCN(C(=O)OC(C)(C)C)CC2CO3)C[C@@H](C)O1. The number of anilines is 1. The van der Waals surface area contributed by atoms with Gasteiger partial charge in [-0.2, -0.15) is 0 Å². The van der Waals surface area contributed by atoms with E-state index in [1.165, 1.54) is 18.2 Å². The van der Waals surface area contributed by atoms with E-state index in [4.69, 9.17) is 30.8 Å². The first kappa shape index (κ1) is 28.2. The number of benzene rings is 1. The molecular formula is C28H34ClFN4O6. The number of phenols is 1. The Balaban J connectivity index is 1.59. The number of rotatable bonds is 2. The van der Waals surface area contributed by atoms with Crippen molar-refractivity contribution in [3.05, 3.63) is 34.6 Å². The Labute approximate surface area is 237 Å². The fourth-order valence-electron chi connectivity index (χ4n) is 5.43. The molecule has 3 aliphatic heterocycles. The molecule has 1 aromatic heterocycles. The van der Waals surface area contributed by atoms with Crippen LogP contribution in [-0.2, 0) is 9.47 Å². The van der Waals surface area contributed by atoms with Crippen LogP contribution in [0.3, 0.4) is 0 Å². The van der Waals surface area contributed by atoms with Crippen LogP contribution in [0.1, 0.15) is 45.0 Å². The summed E-state index contributed by atoms with van der Waals surface area (Å²) < 4.78 is 32.7. The number of fused-ring (bicyclic) bond motifs is 2. The Kier molecular flexibility index (Phi) is 7.47. The van der Waals surface area contributed by atoms with Gasteiger partial charge in [0.05, 0.1) is 23.8 Å². The van der Waals surface area contributed by atoms with Crippen molar-refractivity contribution in [2.45, 2.75) is 58.5 Å². The van der Waals surface area contributed by atoms with Crippen molar-refractivity contribution >= 4 is 29.4 Å². The van der Waals surface area contributed by atoms with Crippen molar-refractivity contribution < 1.29 is 33.3 Å². The fourth-order valence-corrected chi connectivity index (χ4v) is 5.72. The monoisotopic (exact) mass is 576 g/mol. The summed E-state index contributed by atoms with van der Waals surface area (Å²) in [4.78, 5) is 36.8. The number of hydrogen-bond acceptors (Lipinski definition) is 8. The van der Waals surface area contributed by atoms with Crippen molar-refractivity contribution in [3.63, 3.8) is 0 Å². The summed E-state index contributed by atoms with van der Waals surface area (Å²) in [5.74, 6) is -1.05. The van der Waals surface area contributed by atoms with Crippen molar-refractivity contribution in [3.8, 4) is 22.8 Å². The van der Waals surface area contributed by atoms with E-state index >= 15 is 4.39 Å². The molecule has 0 saturated carbocycles. The number of carbonyl (C=O) groups is 2. The molecule has 12 heteroatoms. The van der Waals surface area contributed by atoms with E-state index in [1.54, 1.807) is 30.6 Å². The topological polar surface area (TPSA) is 105 Å². The van der Waals surface area contributed by atoms with Crippen LogP contribution in [0.5, 0.6) is 11.5 Å². The van der Waals surface area contributed by atoms with Gasteiger partial charge in [0, 0.05) is 32.7 Å². The summed E-state index contributed by atoms with van der Waals surface area (Å²) in [6.45, 7) is 10.9. The molecule has 1 N–H and O–H groups in total. The molecule has 40 heavy (non-hydrogen) atoms. The third-order valence-corrected chi connectivity index (χ3v) is 7.40. The second kappa shape index (κ2) is 10.6. The zero-order chi connectivity index (χ0) is 28.9. The maximum Gasteiger partial charge on any atom is 0.410 e. The van der Waals surface area contributed by atoms with E-state index in [1.807, 2.05) is 18.7 Å². The Bertz CT molecular complexity index is 1300. The quantitative estimate of drug-likeness (QED) is 0.564. The second-order valence-electron chi connectivity index (χ2n) is 11.5. The van der Waals surface area contributed by atoms with E-state index in [0.29, 0.717) is 13.1 Å². The molecule has 0 radical (unpaired) electrons. The normalized spacial score (nSPS) is 23.2. The number of pyridine rings is 1. The molecule has 1 aromatic carbocycles. The first-order valence-corrected chi connectivity index (χ1v) is 13.7. The second-order valence-corrected chi connectivity index (χ2v) is 11.9. The van der Waals surface area contributed by atoms with E-state index in [0.717, 1.165) is 0 Å². The van der Waals surface area contributed by atoms with Crippen molar-refractivity contribution in [1.29, 1.82) is 0 Å². The zero-order valence-electron chi connectivity index (χ0n) is 23.2. The zero-order valence-corrected chi connectivity index (χ0v) is 24.0. The summed E-state index contributed by atoms with van der Waals surface area (Å²) in [5, 5.41) is 10.5. The molecule has 2 saturated heterocycles. The number of aromatic hydroxyl groups is 1. The van der Waals surface area contributed by atoms with Crippen LogP contribution in [0.25, 0.3) is 11.3 Å². The predicted molar refractivity (Wildman–Crippen MR) is 147 cm³/mol. The van der Waals surface area contributed by atoms with Gasteiger partial charge >= 0.3 is 6.09 Å². The third kappa shape index (κ3) is 5.36. The molecule has 3 aliphatic rings. The number of phenolic OH excluding ortho intramolecular Hbond substituents is 1. The molecule has 1 unspecified atom stereocenters. The van der Waals surface area contributed by atoms with Gasteiger partial charge in [-0.15, -0.1) is 0 Å². The van der Waals surface area contributed by atoms with Gasteiger partial charge in [0.15, 0.2) is 5.75 Å². The minimum absolute atomic E-state index is 0.0270. The Morgan fingerprint density at radius 1 is 1.15 bits per heavy atom. The van der Waals surface area contributed by atoms with Gasteiger partial charge < -0.3 is 34.0 Å². The predicted octanol–water partition coefficient (Wildman–Crippen LogP) is 4.31. The smallest absolute Gasteiger partial charge is 0.410 e. The lowest BCUT2D eigenvalue weighted by molar-refractivity contribution is -0.00557. The minimum Gasteiger partial charge on any atom is -0.507 e. The van der Waals surface area contributed by atoms with Gasteiger partial charge in [0.25, 0.3) is 5.91 Å². The van der Waals surface area contributed by atoms with E-state index in [-0.39, 0.29) is 83.5 Å². The average molecular weight is 577 g/mol. The number of nitrogens with zero attached hydrogens (tertiary/aromatic N) is 4. The minimum atomic E-state index is -0.714. The van der Waals surface area contributed by atoms with Gasteiger partial charge in [0.1, 0.15) is 45.9 Å². The summed E-state index contributed by atoms with van der Waals surface area (Å²) in [5.41, 5.74) is -0.699. The molecule has 216 valence electrons. The lowest BCUT2D eigenvalue weighted by Crippen LogP contribution is -2.58. The highest BCUT2D eigenvalue weighted by Gasteiger charge is 2.42. The van der Waals surface area contributed by atoms with Crippen LogP contribution in [0, 0.1) is 5.82 Å². The van der Waals surface area contributed by atoms with Gasteiger partial charge in [-0.25, -0.2) is 14.2 Å². The number of piperazine rings is 1. The molecule has 4 heterocycles. The van der Waals surface area contributed by atoms with Crippen LogP contribution < -0.4 is 9.64 Å². The van der Waals surface area contributed by atoms with Gasteiger partial charge in [0.2, 0.25) is 0 Å². The Hall–Kier alpha value is -3.31. The van der Waals surface area contributed by atoms with E-state index in [2.05, 4.69) is 0 Å². The first-order chi connectivity index (χ1) is 18.8. The number of aromatic nitrogens is 1. The molecule has 0 aliphatic carbocycles. The number of hydrogen-bond donors (Lipinski definition) is 1. The lowest BCUT2D eigenvalue weighted by Gasteiger charge is -2.40. The molecule has 2 aromatic rings. The summed E-state index contributed by atoms with van der Waals surface area (Å²) in [7, 11) is 0. The molecular weight excluding hydrogens is 543 g/mol. The highest BCUT2D eigenvalue weighted by Crippen LogP contribution is 2.46. The number of amides is 2. The maximum absolute atomic E-state index is 15.0. The molecule has 2 fully saturated rings. The fraction of sp³-hybridized carbons (Fsp3) is 0.536. The van der Waals surface area contributed by atoms with E-state index in [9.17, 15) is 14.7 Å². The van der Waals surface area contributed by atoms with E-state index < -0.39 is 23.6 Å². The van der Waals surface area contributed by atoms with Gasteiger partial charge in [-0.05, 0) is 46.8 Å². The van der Waals surface area contributed by atoms with Crippen molar-refractivity contribution in [2.75, 3.05) is 44.2 Å². The molecule has 2 amide bonds. The van der Waals surface area contributed by atoms with Crippen molar-refractivity contribution in [1.82, 2.24) is 14.8 Å². The van der Waals surface area contributed by atoms with Gasteiger partial charge in [-0.3, -0.25) is 4.79 Å². The highest BCUT2D eigenvalue weighted by molar-refractivity contribution is 6.35. The van der Waals surface area contributed by atoms with Crippen LogP contribution in [-0.4, -0.2) is 95.1 Å². The summed E-state index contributed by atoms with van der Waals surface area (Å²) in [6, 6.07) is 3.46. The number of ether oxygens (including phenoxy) is 3.